The Morgan fingerprint density at radius 3 is 2.30 bits per heavy atom. The molecule has 1 saturated carbocycles. The number of aromatic nitrogens is 2. The topological polar surface area (TPSA) is 45.8 Å². The molecule has 0 spiro atoms. The van der Waals surface area contributed by atoms with Crippen molar-refractivity contribution in [2.24, 2.45) is 11.8 Å². The lowest BCUT2D eigenvalue weighted by Gasteiger charge is -2.27. The van der Waals surface area contributed by atoms with E-state index in [0.717, 1.165) is 23.1 Å². The minimum Gasteiger partial charge on any atom is -0.268 e. The molecule has 0 radical (unpaired) electrons. The van der Waals surface area contributed by atoms with E-state index >= 15 is 0 Å². The molecule has 122 valence electrons. The second-order valence-corrected chi connectivity index (χ2v) is 6.84. The molecule has 1 aromatic heterocycles. The monoisotopic (exact) mass is 310 g/mol. The molecule has 3 heteroatoms. The summed E-state index contributed by atoms with van der Waals surface area (Å²) >= 11 is 0. The molecule has 1 aliphatic rings. The van der Waals surface area contributed by atoms with Crippen LogP contribution < -0.4 is 5.56 Å². The number of hydrogen-bond acceptors (Lipinski definition) is 2. The van der Waals surface area contributed by atoms with E-state index in [2.05, 4.69) is 41.4 Å². The maximum atomic E-state index is 11.1. The van der Waals surface area contributed by atoms with Crippen LogP contribution in [0.15, 0.2) is 41.2 Å². The summed E-state index contributed by atoms with van der Waals surface area (Å²) in [6, 6.07) is 11.9. The van der Waals surface area contributed by atoms with E-state index in [9.17, 15) is 4.79 Å². The van der Waals surface area contributed by atoms with Crippen molar-refractivity contribution in [3.63, 3.8) is 0 Å². The van der Waals surface area contributed by atoms with Gasteiger partial charge in [-0.25, -0.2) is 5.10 Å². The SMILES string of the molecule is CCC1CCC(CCc2ccc(-c3ccc(=O)[nH]n3)cc2)CC1. The van der Waals surface area contributed by atoms with E-state index in [-0.39, 0.29) is 5.56 Å². The quantitative estimate of drug-likeness (QED) is 0.878. The second kappa shape index (κ2) is 7.58. The van der Waals surface area contributed by atoms with Crippen molar-refractivity contribution in [2.45, 2.75) is 51.9 Å². The molecule has 0 bridgehead atoms. The van der Waals surface area contributed by atoms with Gasteiger partial charge in [0.25, 0.3) is 5.56 Å². The third kappa shape index (κ3) is 4.31. The summed E-state index contributed by atoms with van der Waals surface area (Å²) < 4.78 is 0. The van der Waals surface area contributed by atoms with Gasteiger partial charge in [-0.05, 0) is 36.3 Å². The molecule has 1 heterocycles. The van der Waals surface area contributed by atoms with Gasteiger partial charge in [0.2, 0.25) is 0 Å². The first-order valence-corrected chi connectivity index (χ1v) is 8.89. The molecule has 1 aromatic carbocycles. The van der Waals surface area contributed by atoms with Crippen LogP contribution in [0.4, 0.5) is 0 Å². The molecule has 1 aliphatic carbocycles. The van der Waals surface area contributed by atoms with Crippen LogP contribution in [0.25, 0.3) is 11.3 Å². The average Bonchev–Trinajstić information content (AvgIpc) is 2.61. The van der Waals surface area contributed by atoms with Crippen LogP contribution in [0.3, 0.4) is 0 Å². The summed E-state index contributed by atoms with van der Waals surface area (Å²) in [6.07, 6.45) is 9.52. The predicted molar refractivity (Wildman–Crippen MR) is 94.4 cm³/mol. The standard InChI is InChI=1S/C20H26N2O/c1-2-15-3-5-16(6-4-15)7-8-17-9-11-18(12-10-17)19-13-14-20(23)22-21-19/h9-16H,2-8H2,1H3,(H,22,23). The molecule has 0 aliphatic heterocycles. The van der Waals surface area contributed by atoms with Crippen LogP contribution in [0, 0.1) is 11.8 Å². The zero-order valence-electron chi connectivity index (χ0n) is 13.9. The highest BCUT2D eigenvalue weighted by atomic mass is 16.1. The van der Waals surface area contributed by atoms with Crippen LogP contribution in [0.5, 0.6) is 0 Å². The average molecular weight is 310 g/mol. The first-order valence-electron chi connectivity index (χ1n) is 8.89. The Balaban J connectivity index is 1.54. The number of aryl methyl sites for hydroxylation is 1. The van der Waals surface area contributed by atoms with E-state index in [4.69, 9.17) is 0 Å². The molecular weight excluding hydrogens is 284 g/mol. The summed E-state index contributed by atoms with van der Waals surface area (Å²) in [7, 11) is 0. The highest BCUT2D eigenvalue weighted by molar-refractivity contribution is 5.58. The van der Waals surface area contributed by atoms with Gasteiger partial charge >= 0.3 is 0 Å². The van der Waals surface area contributed by atoms with Gasteiger partial charge in [0, 0.05) is 11.6 Å². The van der Waals surface area contributed by atoms with Crippen LogP contribution in [-0.2, 0) is 6.42 Å². The van der Waals surface area contributed by atoms with Gasteiger partial charge in [-0.15, -0.1) is 0 Å². The van der Waals surface area contributed by atoms with E-state index in [1.165, 1.54) is 56.6 Å². The zero-order chi connectivity index (χ0) is 16.1. The van der Waals surface area contributed by atoms with Crippen molar-refractivity contribution < 1.29 is 0 Å². The lowest BCUT2D eigenvalue weighted by Crippen LogP contribution is -2.14. The third-order valence-electron chi connectivity index (χ3n) is 5.31. The molecule has 3 nitrogen and oxygen atoms in total. The summed E-state index contributed by atoms with van der Waals surface area (Å²) in [6.45, 7) is 2.32. The van der Waals surface area contributed by atoms with Crippen molar-refractivity contribution in [1.82, 2.24) is 10.2 Å². The van der Waals surface area contributed by atoms with Crippen molar-refractivity contribution in [3.05, 3.63) is 52.3 Å². The highest BCUT2D eigenvalue weighted by Crippen LogP contribution is 2.33. The Morgan fingerprint density at radius 1 is 1.00 bits per heavy atom. The second-order valence-electron chi connectivity index (χ2n) is 6.84. The third-order valence-corrected chi connectivity index (χ3v) is 5.31. The van der Waals surface area contributed by atoms with Crippen LogP contribution >= 0.6 is 0 Å². The Bertz CT molecular complexity index is 646. The molecule has 3 rings (SSSR count). The van der Waals surface area contributed by atoms with E-state index in [1.54, 1.807) is 6.07 Å². The maximum absolute atomic E-state index is 11.1. The number of benzene rings is 1. The van der Waals surface area contributed by atoms with Gasteiger partial charge in [0.1, 0.15) is 0 Å². The fraction of sp³-hybridized carbons (Fsp3) is 0.500. The van der Waals surface area contributed by atoms with Gasteiger partial charge in [0.05, 0.1) is 5.69 Å². The Hall–Kier alpha value is -1.90. The molecule has 1 fully saturated rings. The largest absolute Gasteiger partial charge is 0.268 e. The minimum atomic E-state index is -0.164. The fourth-order valence-corrected chi connectivity index (χ4v) is 3.65. The molecule has 0 saturated heterocycles. The van der Waals surface area contributed by atoms with Crippen LogP contribution in [0.2, 0.25) is 0 Å². The molecular formula is C20H26N2O. The lowest BCUT2D eigenvalue weighted by atomic mass is 9.78. The maximum Gasteiger partial charge on any atom is 0.264 e. The highest BCUT2D eigenvalue weighted by Gasteiger charge is 2.19. The van der Waals surface area contributed by atoms with Gasteiger partial charge < -0.3 is 0 Å². The summed E-state index contributed by atoms with van der Waals surface area (Å²) in [5.74, 6) is 1.90. The summed E-state index contributed by atoms with van der Waals surface area (Å²) in [5, 5.41) is 6.56. The zero-order valence-corrected chi connectivity index (χ0v) is 13.9. The fourth-order valence-electron chi connectivity index (χ4n) is 3.65. The lowest BCUT2D eigenvalue weighted by molar-refractivity contribution is 0.259. The van der Waals surface area contributed by atoms with Gasteiger partial charge in [-0.2, -0.15) is 5.10 Å². The first kappa shape index (κ1) is 16.0. The van der Waals surface area contributed by atoms with E-state index < -0.39 is 0 Å². The number of rotatable bonds is 5. The Morgan fingerprint density at radius 2 is 1.70 bits per heavy atom. The van der Waals surface area contributed by atoms with Crippen LogP contribution in [0.1, 0.15) is 51.0 Å². The number of aromatic amines is 1. The van der Waals surface area contributed by atoms with Crippen molar-refractivity contribution >= 4 is 0 Å². The minimum absolute atomic E-state index is 0.164. The van der Waals surface area contributed by atoms with Gasteiger partial charge in [-0.1, -0.05) is 63.3 Å². The van der Waals surface area contributed by atoms with Crippen LogP contribution in [-0.4, -0.2) is 10.2 Å². The summed E-state index contributed by atoms with van der Waals surface area (Å²) in [5.41, 5.74) is 3.10. The molecule has 0 unspecified atom stereocenters. The number of H-pyrrole nitrogens is 1. The Labute approximate surface area is 138 Å². The Kier molecular flexibility index (Phi) is 5.27. The van der Waals surface area contributed by atoms with E-state index in [1.807, 2.05) is 0 Å². The first-order chi connectivity index (χ1) is 11.2. The van der Waals surface area contributed by atoms with Crippen molar-refractivity contribution in [2.75, 3.05) is 0 Å². The van der Waals surface area contributed by atoms with Gasteiger partial charge in [0.15, 0.2) is 0 Å². The number of nitrogens with zero attached hydrogens (tertiary/aromatic N) is 1. The van der Waals surface area contributed by atoms with E-state index in [0.29, 0.717) is 0 Å². The molecule has 2 aromatic rings. The van der Waals surface area contributed by atoms with Crippen molar-refractivity contribution in [3.8, 4) is 11.3 Å². The number of nitrogens with one attached hydrogen (secondary N) is 1. The number of hydrogen-bond donors (Lipinski definition) is 1. The molecule has 23 heavy (non-hydrogen) atoms. The van der Waals surface area contributed by atoms with Gasteiger partial charge in [-0.3, -0.25) is 4.79 Å². The smallest absolute Gasteiger partial charge is 0.264 e. The predicted octanol–water partition coefficient (Wildman–Crippen LogP) is 4.59. The molecule has 0 amide bonds. The summed E-state index contributed by atoms with van der Waals surface area (Å²) in [4.78, 5) is 11.1. The van der Waals surface area contributed by atoms with Crippen molar-refractivity contribution in [1.29, 1.82) is 0 Å². The molecule has 0 atom stereocenters. The molecule has 1 N–H and O–H groups in total. The normalized spacial score (nSPS) is 21.3.